The summed E-state index contributed by atoms with van der Waals surface area (Å²) >= 11 is 0. The average molecular weight is 227 g/mol. The molecule has 1 amide bonds. The van der Waals surface area contributed by atoms with Crippen molar-refractivity contribution in [2.45, 2.75) is 38.1 Å². The van der Waals surface area contributed by atoms with Crippen molar-refractivity contribution in [3.8, 4) is 0 Å². The molecule has 16 heavy (non-hydrogen) atoms. The van der Waals surface area contributed by atoms with E-state index in [1.807, 2.05) is 14.1 Å². The van der Waals surface area contributed by atoms with Crippen LogP contribution in [0.25, 0.3) is 0 Å². The Hall–Kier alpha value is -0.610. The summed E-state index contributed by atoms with van der Waals surface area (Å²) in [6, 6.07) is 0.563. The van der Waals surface area contributed by atoms with Crippen LogP contribution >= 0.6 is 0 Å². The molecule has 0 aromatic heterocycles. The van der Waals surface area contributed by atoms with Crippen LogP contribution in [0, 0.1) is 0 Å². The zero-order valence-corrected chi connectivity index (χ0v) is 10.6. The zero-order chi connectivity index (χ0) is 11.8. The zero-order valence-electron chi connectivity index (χ0n) is 10.6. The summed E-state index contributed by atoms with van der Waals surface area (Å²) in [5.74, 6) is 0.118. The van der Waals surface area contributed by atoms with Crippen LogP contribution in [0.1, 0.15) is 32.1 Å². The second-order valence-electron chi connectivity index (χ2n) is 4.87. The summed E-state index contributed by atoms with van der Waals surface area (Å²) in [6.07, 6.45) is 6.42. The fourth-order valence-corrected chi connectivity index (χ4v) is 2.03. The number of hydrogen-bond donors (Lipinski definition) is 2. The smallest absolute Gasteiger partial charge is 0.234 e. The Morgan fingerprint density at radius 2 is 1.94 bits per heavy atom. The molecule has 0 saturated heterocycles. The van der Waals surface area contributed by atoms with Crippen LogP contribution in [0.3, 0.4) is 0 Å². The van der Waals surface area contributed by atoms with Crippen LogP contribution in [0.4, 0.5) is 0 Å². The van der Waals surface area contributed by atoms with E-state index in [1.54, 1.807) is 0 Å². The molecule has 4 nitrogen and oxygen atoms in total. The van der Waals surface area contributed by atoms with Crippen molar-refractivity contribution in [3.63, 3.8) is 0 Å². The summed E-state index contributed by atoms with van der Waals surface area (Å²) in [7, 11) is 4.01. The first-order chi connectivity index (χ1) is 7.68. The van der Waals surface area contributed by atoms with E-state index in [-0.39, 0.29) is 5.91 Å². The molecule has 1 fully saturated rings. The lowest BCUT2D eigenvalue weighted by Gasteiger charge is -2.22. The Kier molecular flexibility index (Phi) is 6.42. The first kappa shape index (κ1) is 13.5. The third kappa shape index (κ3) is 6.08. The molecule has 0 heterocycles. The van der Waals surface area contributed by atoms with Gasteiger partial charge in [-0.15, -0.1) is 0 Å². The topological polar surface area (TPSA) is 44.4 Å². The molecule has 1 aliphatic carbocycles. The Bertz CT molecular complexity index is 200. The monoisotopic (exact) mass is 227 g/mol. The number of hydrogen-bond acceptors (Lipinski definition) is 3. The van der Waals surface area contributed by atoms with E-state index in [0.29, 0.717) is 12.6 Å². The van der Waals surface area contributed by atoms with Crippen LogP contribution in [0.2, 0.25) is 0 Å². The van der Waals surface area contributed by atoms with Crippen molar-refractivity contribution in [1.82, 2.24) is 15.5 Å². The Morgan fingerprint density at radius 1 is 1.25 bits per heavy atom. The molecule has 0 aliphatic heterocycles. The first-order valence-corrected chi connectivity index (χ1v) is 6.33. The Balaban J connectivity index is 2.00. The maximum atomic E-state index is 11.5. The molecule has 0 unspecified atom stereocenters. The number of likely N-dealkylation sites (N-methyl/N-ethyl adjacent to an activating group) is 1. The van der Waals surface area contributed by atoms with Crippen LogP contribution in [-0.2, 0) is 4.79 Å². The summed E-state index contributed by atoms with van der Waals surface area (Å²) in [6.45, 7) is 2.10. The molecular weight excluding hydrogens is 202 g/mol. The lowest BCUT2D eigenvalue weighted by Crippen LogP contribution is -2.41. The molecule has 0 aromatic rings. The van der Waals surface area contributed by atoms with Gasteiger partial charge in [0.15, 0.2) is 0 Å². The molecule has 4 heteroatoms. The molecule has 0 aromatic carbocycles. The second-order valence-corrected chi connectivity index (χ2v) is 4.87. The number of carbonyl (C=O) groups excluding carboxylic acids is 1. The molecule has 0 atom stereocenters. The van der Waals surface area contributed by atoms with Crippen molar-refractivity contribution in [3.05, 3.63) is 0 Å². The highest BCUT2D eigenvalue weighted by Gasteiger charge is 2.13. The standard InChI is InChI=1S/C12H25N3O/c1-15(2)9-8-13-12(16)10-14-11-6-4-3-5-7-11/h11,14H,3-10H2,1-2H3,(H,13,16). The normalized spacial score (nSPS) is 17.7. The van der Waals surface area contributed by atoms with Gasteiger partial charge in [-0.25, -0.2) is 0 Å². The molecule has 1 aliphatic rings. The summed E-state index contributed by atoms with van der Waals surface area (Å²) < 4.78 is 0. The molecular formula is C12H25N3O. The molecule has 1 saturated carbocycles. The van der Waals surface area contributed by atoms with Gasteiger partial charge in [-0.2, -0.15) is 0 Å². The molecule has 0 radical (unpaired) electrons. The van der Waals surface area contributed by atoms with Gasteiger partial charge in [0.2, 0.25) is 5.91 Å². The SMILES string of the molecule is CN(C)CCNC(=O)CNC1CCCCC1. The van der Waals surface area contributed by atoms with Gasteiger partial charge in [-0.1, -0.05) is 19.3 Å². The number of amides is 1. The molecule has 1 rings (SSSR count). The van der Waals surface area contributed by atoms with Gasteiger partial charge in [-0.3, -0.25) is 4.79 Å². The van der Waals surface area contributed by atoms with Crippen molar-refractivity contribution >= 4 is 5.91 Å². The Morgan fingerprint density at radius 3 is 2.56 bits per heavy atom. The van der Waals surface area contributed by atoms with Crippen LogP contribution in [0.15, 0.2) is 0 Å². The van der Waals surface area contributed by atoms with E-state index >= 15 is 0 Å². The van der Waals surface area contributed by atoms with Crippen molar-refractivity contribution in [2.24, 2.45) is 0 Å². The van der Waals surface area contributed by atoms with Crippen LogP contribution < -0.4 is 10.6 Å². The predicted molar refractivity (Wildman–Crippen MR) is 66.4 cm³/mol. The number of nitrogens with zero attached hydrogens (tertiary/aromatic N) is 1. The number of carbonyl (C=O) groups is 1. The molecule has 94 valence electrons. The average Bonchev–Trinajstić information content (AvgIpc) is 2.27. The largest absolute Gasteiger partial charge is 0.354 e. The van der Waals surface area contributed by atoms with Crippen LogP contribution in [-0.4, -0.2) is 50.6 Å². The third-order valence-corrected chi connectivity index (χ3v) is 3.04. The van der Waals surface area contributed by atoms with Crippen molar-refractivity contribution in [2.75, 3.05) is 33.7 Å². The minimum atomic E-state index is 0.118. The van der Waals surface area contributed by atoms with Crippen molar-refractivity contribution in [1.29, 1.82) is 0 Å². The van der Waals surface area contributed by atoms with E-state index < -0.39 is 0 Å². The Labute approximate surface area is 98.8 Å². The lowest BCUT2D eigenvalue weighted by atomic mass is 9.95. The van der Waals surface area contributed by atoms with Gasteiger partial charge in [0.05, 0.1) is 6.54 Å². The maximum absolute atomic E-state index is 11.5. The highest BCUT2D eigenvalue weighted by atomic mass is 16.1. The van der Waals surface area contributed by atoms with E-state index in [1.165, 1.54) is 32.1 Å². The number of rotatable bonds is 6. The summed E-state index contributed by atoms with van der Waals surface area (Å²) in [5.41, 5.74) is 0. The van der Waals surface area contributed by atoms with E-state index in [2.05, 4.69) is 15.5 Å². The highest BCUT2D eigenvalue weighted by molar-refractivity contribution is 5.77. The fourth-order valence-electron chi connectivity index (χ4n) is 2.03. The van der Waals surface area contributed by atoms with Gasteiger partial charge in [-0.05, 0) is 26.9 Å². The van der Waals surface area contributed by atoms with Crippen LogP contribution in [0.5, 0.6) is 0 Å². The molecule has 0 bridgehead atoms. The molecule has 2 N–H and O–H groups in total. The first-order valence-electron chi connectivity index (χ1n) is 6.33. The van der Waals surface area contributed by atoms with E-state index in [9.17, 15) is 4.79 Å². The summed E-state index contributed by atoms with van der Waals surface area (Å²) in [5, 5.41) is 6.24. The highest BCUT2D eigenvalue weighted by Crippen LogP contribution is 2.16. The van der Waals surface area contributed by atoms with E-state index in [0.717, 1.165) is 13.1 Å². The van der Waals surface area contributed by atoms with E-state index in [4.69, 9.17) is 0 Å². The maximum Gasteiger partial charge on any atom is 0.234 e. The van der Waals surface area contributed by atoms with Gasteiger partial charge >= 0.3 is 0 Å². The minimum Gasteiger partial charge on any atom is -0.354 e. The quantitative estimate of drug-likeness (QED) is 0.698. The predicted octanol–water partition coefficient (Wildman–Crippen LogP) is 0.587. The van der Waals surface area contributed by atoms with Gasteiger partial charge in [0, 0.05) is 19.1 Å². The van der Waals surface area contributed by atoms with Gasteiger partial charge in [0.1, 0.15) is 0 Å². The summed E-state index contributed by atoms with van der Waals surface area (Å²) in [4.78, 5) is 13.5. The molecule has 0 spiro atoms. The van der Waals surface area contributed by atoms with Gasteiger partial charge < -0.3 is 15.5 Å². The van der Waals surface area contributed by atoms with Crippen molar-refractivity contribution < 1.29 is 4.79 Å². The second kappa shape index (κ2) is 7.63. The lowest BCUT2D eigenvalue weighted by molar-refractivity contribution is -0.120. The number of nitrogens with one attached hydrogen (secondary N) is 2. The fraction of sp³-hybridized carbons (Fsp3) is 0.917. The third-order valence-electron chi connectivity index (χ3n) is 3.04. The van der Waals surface area contributed by atoms with Gasteiger partial charge in [0.25, 0.3) is 0 Å². The minimum absolute atomic E-state index is 0.118.